The number of pyridine rings is 1. The van der Waals surface area contributed by atoms with Crippen LogP contribution in [-0.2, 0) is 11.2 Å². The van der Waals surface area contributed by atoms with Crippen LogP contribution in [0.4, 0.5) is 11.5 Å². The Hall–Kier alpha value is -2.89. The van der Waals surface area contributed by atoms with E-state index < -0.39 is 0 Å². The lowest BCUT2D eigenvalue weighted by Gasteiger charge is -2.47. The van der Waals surface area contributed by atoms with Crippen LogP contribution in [0.3, 0.4) is 0 Å². The van der Waals surface area contributed by atoms with Crippen LogP contribution in [0.5, 0.6) is 0 Å². The highest BCUT2D eigenvalue weighted by atomic mass is 16.2. The number of amidine groups is 1. The summed E-state index contributed by atoms with van der Waals surface area (Å²) < 4.78 is 0. The minimum atomic E-state index is -0.372. The number of carbonyl (C=O) groups is 1. The van der Waals surface area contributed by atoms with E-state index in [9.17, 15) is 4.79 Å². The minimum absolute atomic E-state index is 0.180. The van der Waals surface area contributed by atoms with Gasteiger partial charge in [-0.05, 0) is 43.4 Å². The van der Waals surface area contributed by atoms with E-state index in [2.05, 4.69) is 15.6 Å². The number of carbonyl (C=O) groups excluding carboxylic acids is 1. The minimum Gasteiger partial charge on any atom is -0.368 e. The van der Waals surface area contributed by atoms with Crippen LogP contribution in [-0.4, -0.2) is 46.3 Å². The molecule has 2 aliphatic heterocycles. The molecule has 3 heterocycles. The first-order valence-electron chi connectivity index (χ1n) is 11.1. The fourth-order valence-corrected chi connectivity index (χ4v) is 4.97. The third-order valence-corrected chi connectivity index (χ3v) is 6.55. The molecular weight excluding hydrogens is 374 g/mol. The summed E-state index contributed by atoms with van der Waals surface area (Å²) in [6, 6.07) is 14.4. The van der Waals surface area contributed by atoms with E-state index >= 15 is 0 Å². The van der Waals surface area contributed by atoms with E-state index in [0.717, 1.165) is 55.1 Å². The third-order valence-electron chi connectivity index (χ3n) is 6.55. The largest absolute Gasteiger partial charge is 0.368 e. The van der Waals surface area contributed by atoms with Crippen LogP contribution in [0.25, 0.3) is 0 Å². The number of likely N-dealkylation sites (tertiary alicyclic amines) is 1. The second kappa shape index (κ2) is 8.09. The zero-order valence-corrected chi connectivity index (χ0v) is 17.3. The van der Waals surface area contributed by atoms with Gasteiger partial charge in [0.25, 0.3) is 0 Å². The van der Waals surface area contributed by atoms with Gasteiger partial charge in [-0.15, -0.1) is 0 Å². The topological polar surface area (TPSA) is 69.6 Å². The van der Waals surface area contributed by atoms with Gasteiger partial charge >= 0.3 is 0 Å². The number of fused-ring (bicyclic) bond motifs is 1. The zero-order chi connectivity index (χ0) is 20.4. The second-order valence-corrected chi connectivity index (χ2v) is 8.73. The summed E-state index contributed by atoms with van der Waals surface area (Å²) in [4.78, 5) is 24.8. The molecule has 0 bridgehead atoms. The first-order valence-corrected chi connectivity index (χ1v) is 11.1. The molecule has 1 saturated heterocycles. The summed E-state index contributed by atoms with van der Waals surface area (Å²) in [6.07, 6.45) is 8.94. The van der Waals surface area contributed by atoms with Gasteiger partial charge in [0.1, 0.15) is 11.4 Å². The Morgan fingerprint density at radius 3 is 2.80 bits per heavy atom. The Kier molecular flexibility index (Phi) is 5.15. The number of aromatic nitrogens is 1. The van der Waals surface area contributed by atoms with Crippen molar-refractivity contribution in [1.82, 2.24) is 9.88 Å². The molecular formula is C24H29N5O. The predicted octanol–water partition coefficient (Wildman–Crippen LogP) is 3.86. The summed E-state index contributed by atoms with van der Waals surface area (Å²) in [7, 11) is 0. The van der Waals surface area contributed by atoms with Gasteiger partial charge < -0.3 is 15.5 Å². The van der Waals surface area contributed by atoms with E-state index in [1.165, 1.54) is 12.8 Å². The lowest BCUT2D eigenvalue weighted by atomic mass is 9.85. The Morgan fingerprint density at radius 1 is 1.13 bits per heavy atom. The molecule has 30 heavy (non-hydrogen) atoms. The molecule has 1 atom stereocenters. The fourth-order valence-electron chi connectivity index (χ4n) is 4.97. The second-order valence-electron chi connectivity index (χ2n) is 8.73. The van der Waals surface area contributed by atoms with Gasteiger partial charge in [0, 0.05) is 12.7 Å². The molecule has 1 amide bonds. The van der Waals surface area contributed by atoms with Crippen molar-refractivity contribution in [2.45, 2.75) is 56.5 Å². The standard InChI is InChI=1S/C24H29N5O/c30-21(16-18-8-2-1-3-9-18)29-15-7-13-24(17-29)23(26-19-10-4-5-11-19)27-22-20(28-24)12-6-14-25-22/h1-3,6,8-9,12,14,19,28H,4-5,7,10-11,13,15-17H2,(H,25,26,27). The molecule has 1 spiro atoms. The molecule has 2 fully saturated rings. The number of anilines is 2. The number of hydrogen-bond donors (Lipinski definition) is 2. The highest BCUT2D eigenvalue weighted by Crippen LogP contribution is 2.36. The van der Waals surface area contributed by atoms with Gasteiger partial charge in [-0.1, -0.05) is 43.2 Å². The molecule has 1 unspecified atom stereocenters. The molecule has 1 saturated carbocycles. The van der Waals surface area contributed by atoms with Crippen LogP contribution in [0.2, 0.25) is 0 Å². The monoisotopic (exact) mass is 403 g/mol. The Morgan fingerprint density at radius 2 is 1.97 bits per heavy atom. The Bertz CT molecular complexity index is 938. The zero-order valence-electron chi connectivity index (χ0n) is 17.3. The molecule has 1 aliphatic carbocycles. The first kappa shape index (κ1) is 19.1. The quantitative estimate of drug-likeness (QED) is 0.816. The SMILES string of the molecule is O=C(Cc1ccccc1)N1CCCC2(C1)Nc1cccnc1NC2=NC1CCCC1. The van der Waals surface area contributed by atoms with Gasteiger partial charge in [-0.2, -0.15) is 0 Å². The Labute approximate surface area is 177 Å². The van der Waals surface area contributed by atoms with Crippen molar-refractivity contribution >= 4 is 23.2 Å². The molecule has 2 N–H and O–H groups in total. The number of rotatable bonds is 3. The number of piperidine rings is 1. The fraction of sp³-hybridized carbons (Fsp3) is 0.458. The van der Waals surface area contributed by atoms with Gasteiger partial charge in [0.15, 0.2) is 5.82 Å². The number of benzene rings is 1. The van der Waals surface area contributed by atoms with Crippen molar-refractivity contribution in [2.24, 2.45) is 4.99 Å². The molecule has 6 heteroatoms. The summed E-state index contributed by atoms with van der Waals surface area (Å²) in [6.45, 7) is 1.43. The molecule has 2 aromatic rings. The van der Waals surface area contributed by atoms with Gasteiger partial charge in [0.05, 0.1) is 24.7 Å². The number of hydrogen-bond acceptors (Lipinski definition) is 4. The average molecular weight is 404 g/mol. The molecule has 0 radical (unpaired) electrons. The van der Waals surface area contributed by atoms with Crippen LogP contribution in [0, 0.1) is 0 Å². The molecule has 156 valence electrons. The smallest absolute Gasteiger partial charge is 0.227 e. The van der Waals surface area contributed by atoms with E-state index in [0.29, 0.717) is 19.0 Å². The van der Waals surface area contributed by atoms with Crippen LogP contribution >= 0.6 is 0 Å². The van der Waals surface area contributed by atoms with Crippen molar-refractivity contribution in [3.8, 4) is 0 Å². The van der Waals surface area contributed by atoms with Crippen molar-refractivity contribution < 1.29 is 4.79 Å². The maximum absolute atomic E-state index is 13.1. The number of nitrogens with one attached hydrogen (secondary N) is 2. The lowest BCUT2D eigenvalue weighted by molar-refractivity contribution is -0.131. The van der Waals surface area contributed by atoms with Crippen LogP contribution in [0.15, 0.2) is 53.7 Å². The maximum Gasteiger partial charge on any atom is 0.227 e. The van der Waals surface area contributed by atoms with E-state index in [1.54, 1.807) is 6.20 Å². The van der Waals surface area contributed by atoms with Crippen molar-refractivity contribution in [3.63, 3.8) is 0 Å². The summed E-state index contributed by atoms with van der Waals surface area (Å²) in [5.74, 6) is 1.96. The average Bonchev–Trinajstić information content (AvgIpc) is 3.28. The summed E-state index contributed by atoms with van der Waals surface area (Å²) in [5.41, 5.74) is 1.68. The normalized spacial score (nSPS) is 25.1. The molecule has 1 aromatic carbocycles. The number of amides is 1. The lowest BCUT2D eigenvalue weighted by Crippen LogP contribution is -2.63. The highest BCUT2D eigenvalue weighted by molar-refractivity contribution is 6.09. The van der Waals surface area contributed by atoms with Gasteiger partial charge in [-0.3, -0.25) is 9.79 Å². The maximum atomic E-state index is 13.1. The summed E-state index contributed by atoms with van der Waals surface area (Å²) in [5, 5.41) is 7.27. The van der Waals surface area contributed by atoms with Gasteiger partial charge in [-0.25, -0.2) is 4.98 Å². The van der Waals surface area contributed by atoms with Crippen molar-refractivity contribution in [1.29, 1.82) is 0 Å². The van der Waals surface area contributed by atoms with E-state index in [1.807, 2.05) is 47.4 Å². The molecule has 3 aliphatic rings. The highest BCUT2D eigenvalue weighted by Gasteiger charge is 2.45. The predicted molar refractivity (Wildman–Crippen MR) is 120 cm³/mol. The van der Waals surface area contributed by atoms with Gasteiger partial charge in [0.2, 0.25) is 5.91 Å². The van der Waals surface area contributed by atoms with Crippen molar-refractivity contribution in [2.75, 3.05) is 23.7 Å². The van der Waals surface area contributed by atoms with Crippen LogP contribution in [0.1, 0.15) is 44.1 Å². The van der Waals surface area contributed by atoms with Crippen molar-refractivity contribution in [3.05, 3.63) is 54.2 Å². The molecule has 1 aromatic heterocycles. The van der Waals surface area contributed by atoms with E-state index in [-0.39, 0.29) is 11.4 Å². The Balaban J connectivity index is 1.42. The first-order chi connectivity index (χ1) is 14.7. The van der Waals surface area contributed by atoms with Crippen LogP contribution < -0.4 is 10.6 Å². The molecule has 6 nitrogen and oxygen atoms in total. The van der Waals surface area contributed by atoms with E-state index in [4.69, 9.17) is 4.99 Å². The number of nitrogens with zero attached hydrogens (tertiary/aromatic N) is 3. The molecule has 5 rings (SSSR count). The number of aliphatic imine (C=N–C) groups is 1. The summed E-state index contributed by atoms with van der Waals surface area (Å²) >= 11 is 0. The third kappa shape index (κ3) is 3.78.